The molecule has 1 saturated carbocycles. The van der Waals surface area contributed by atoms with Crippen molar-refractivity contribution in [2.75, 3.05) is 4.90 Å². The number of hydrogen-bond donors (Lipinski definition) is 0. The monoisotopic (exact) mass is 321 g/mol. The maximum atomic E-state index is 13.2. The molecule has 3 heteroatoms. The number of anilines is 1. The van der Waals surface area contributed by atoms with Gasteiger partial charge in [-0.1, -0.05) is 43.2 Å². The van der Waals surface area contributed by atoms with Crippen LogP contribution in [0, 0.1) is 35.5 Å². The molecule has 1 aliphatic heterocycles. The summed E-state index contributed by atoms with van der Waals surface area (Å²) in [4.78, 5) is 27.8. The van der Waals surface area contributed by atoms with E-state index in [1.165, 1.54) is 24.2 Å². The van der Waals surface area contributed by atoms with E-state index in [-0.39, 0.29) is 35.5 Å². The maximum absolute atomic E-state index is 13.2. The third-order valence-electron chi connectivity index (χ3n) is 7.12. The van der Waals surface area contributed by atoms with E-state index < -0.39 is 0 Å². The van der Waals surface area contributed by atoms with Gasteiger partial charge in [0.1, 0.15) is 0 Å². The first-order chi connectivity index (χ1) is 11.6. The number of fused-ring (bicyclic) bond motifs is 5. The van der Waals surface area contributed by atoms with Gasteiger partial charge in [-0.3, -0.25) is 14.5 Å². The molecule has 0 unspecified atom stereocenters. The lowest BCUT2D eigenvalue weighted by atomic mass is 9.62. The number of nitrogens with zero attached hydrogens (tertiary/aromatic N) is 1. The first kappa shape index (κ1) is 14.4. The number of allylic oxidation sites excluding steroid dienone is 2. The van der Waals surface area contributed by atoms with Gasteiger partial charge >= 0.3 is 0 Å². The second kappa shape index (κ2) is 4.81. The van der Waals surface area contributed by atoms with Crippen molar-refractivity contribution in [1.82, 2.24) is 0 Å². The standard InChI is InChI=1S/C21H23NO2/c1-11-16-13-8-9-14(10-13)17(16)12(2)19-18(11)20(23)22(21(19)24)15-6-4-3-5-7-15/h3-7,11-14,18-19H,8-10H2,1-2H3/t11-,12+,13-,14-,18-,19+/m1/s1. The lowest BCUT2D eigenvalue weighted by molar-refractivity contribution is -0.122. The van der Waals surface area contributed by atoms with Crippen LogP contribution in [-0.4, -0.2) is 11.8 Å². The molecule has 0 N–H and O–H groups in total. The van der Waals surface area contributed by atoms with Gasteiger partial charge < -0.3 is 0 Å². The summed E-state index contributed by atoms with van der Waals surface area (Å²) in [5.74, 6) is 1.52. The number of imide groups is 1. The molecule has 5 rings (SSSR count). The van der Waals surface area contributed by atoms with E-state index in [0.717, 1.165) is 5.69 Å². The van der Waals surface area contributed by atoms with E-state index in [0.29, 0.717) is 11.8 Å². The van der Waals surface area contributed by atoms with Crippen molar-refractivity contribution in [2.45, 2.75) is 33.1 Å². The fraction of sp³-hybridized carbons (Fsp3) is 0.524. The third-order valence-corrected chi connectivity index (χ3v) is 7.12. The lowest BCUT2D eigenvalue weighted by Crippen LogP contribution is -2.38. The van der Waals surface area contributed by atoms with Gasteiger partial charge in [0.25, 0.3) is 0 Å². The van der Waals surface area contributed by atoms with Gasteiger partial charge in [0.05, 0.1) is 17.5 Å². The van der Waals surface area contributed by atoms with Gasteiger partial charge in [0, 0.05) is 0 Å². The Labute approximate surface area is 142 Å². The minimum absolute atomic E-state index is 0.0184. The number of para-hydroxylation sites is 1. The topological polar surface area (TPSA) is 37.4 Å². The first-order valence-electron chi connectivity index (χ1n) is 9.26. The van der Waals surface area contributed by atoms with Crippen molar-refractivity contribution in [3.63, 3.8) is 0 Å². The SMILES string of the molecule is C[C@@H]1C2=C([C@@H]3CC[C@@H]2C3)[C@H](C)[C@@H]2C(=O)N(c3ccccc3)C(=O)[C@@H]21. The number of rotatable bonds is 1. The zero-order valence-corrected chi connectivity index (χ0v) is 14.2. The van der Waals surface area contributed by atoms with Crippen molar-refractivity contribution >= 4 is 17.5 Å². The van der Waals surface area contributed by atoms with Crippen LogP contribution in [-0.2, 0) is 9.59 Å². The van der Waals surface area contributed by atoms with Crippen molar-refractivity contribution < 1.29 is 9.59 Å². The molecule has 1 aromatic rings. The Balaban J connectivity index is 1.60. The fourth-order valence-corrected chi connectivity index (χ4v) is 6.27. The van der Waals surface area contributed by atoms with Crippen LogP contribution in [0.1, 0.15) is 33.1 Å². The van der Waals surface area contributed by atoms with Gasteiger partial charge in [-0.2, -0.15) is 0 Å². The van der Waals surface area contributed by atoms with E-state index >= 15 is 0 Å². The molecule has 1 aromatic carbocycles. The second-order valence-corrected chi connectivity index (χ2v) is 8.09. The normalized spacial score (nSPS) is 40.3. The minimum Gasteiger partial charge on any atom is -0.274 e. The van der Waals surface area contributed by atoms with Gasteiger partial charge in [-0.25, -0.2) is 0 Å². The second-order valence-electron chi connectivity index (χ2n) is 8.09. The predicted molar refractivity (Wildman–Crippen MR) is 92.1 cm³/mol. The van der Waals surface area contributed by atoms with Crippen molar-refractivity contribution in [1.29, 1.82) is 0 Å². The average Bonchev–Trinajstić information content (AvgIpc) is 3.26. The van der Waals surface area contributed by atoms with Crippen LogP contribution in [0.4, 0.5) is 5.69 Å². The molecule has 6 atom stereocenters. The number of hydrogen-bond acceptors (Lipinski definition) is 2. The zero-order chi connectivity index (χ0) is 16.6. The summed E-state index contributed by atoms with van der Waals surface area (Å²) in [5.41, 5.74) is 3.83. The fourth-order valence-electron chi connectivity index (χ4n) is 6.27. The third kappa shape index (κ3) is 1.63. The van der Waals surface area contributed by atoms with E-state index in [1.807, 2.05) is 30.3 Å². The molecule has 3 nitrogen and oxygen atoms in total. The minimum atomic E-state index is -0.161. The first-order valence-corrected chi connectivity index (χ1v) is 9.26. The van der Waals surface area contributed by atoms with Crippen LogP contribution in [0.2, 0.25) is 0 Å². The Hall–Kier alpha value is -1.90. The quantitative estimate of drug-likeness (QED) is 0.583. The number of benzene rings is 1. The molecule has 2 amide bonds. The highest BCUT2D eigenvalue weighted by Crippen LogP contribution is 2.61. The van der Waals surface area contributed by atoms with Crippen LogP contribution < -0.4 is 4.90 Å². The molecule has 4 aliphatic rings. The van der Waals surface area contributed by atoms with Crippen LogP contribution in [0.5, 0.6) is 0 Å². The predicted octanol–water partition coefficient (Wildman–Crippen LogP) is 3.80. The molecule has 1 heterocycles. The molecular formula is C21H23NO2. The summed E-state index contributed by atoms with van der Waals surface area (Å²) in [7, 11) is 0. The Morgan fingerprint density at radius 2 is 1.33 bits per heavy atom. The molecule has 0 aromatic heterocycles. The summed E-state index contributed by atoms with van der Waals surface area (Å²) in [6.07, 6.45) is 3.83. The van der Waals surface area contributed by atoms with Crippen LogP contribution >= 0.6 is 0 Å². The maximum Gasteiger partial charge on any atom is 0.238 e. The molecule has 2 bridgehead atoms. The molecular weight excluding hydrogens is 298 g/mol. The summed E-state index contributed by atoms with van der Waals surface area (Å²) in [5, 5.41) is 0. The Kier molecular flexibility index (Phi) is 2.89. The van der Waals surface area contributed by atoms with E-state index in [4.69, 9.17) is 0 Å². The van der Waals surface area contributed by atoms with Gasteiger partial charge in [0.2, 0.25) is 11.8 Å². The largest absolute Gasteiger partial charge is 0.274 e. The van der Waals surface area contributed by atoms with Crippen LogP contribution in [0.25, 0.3) is 0 Å². The summed E-state index contributed by atoms with van der Waals surface area (Å²) >= 11 is 0. The summed E-state index contributed by atoms with van der Waals surface area (Å²) < 4.78 is 0. The van der Waals surface area contributed by atoms with Gasteiger partial charge in [-0.05, 0) is 55.1 Å². The van der Waals surface area contributed by atoms with Crippen molar-refractivity contribution in [3.8, 4) is 0 Å². The van der Waals surface area contributed by atoms with Crippen molar-refractivity contribution in [2.24, 2.45) is 35.5 Å². The van der Waals surface area contributed by atoms with Crippen molar-refractivity contribution in [3.05, 3.63) is 41.5 Å². The number of carbonyl (C=O) groups excluding carboxylic acids is 2. The van der Waals surface area contributed by atoms with E-state index in [1.54, 1.807) is 11.1 Å². The highest BCUT2D eigenvalue weighted by Gasteiger charge is 2.59. The Morgan fingerprint density at radius 1 is 0.833 bits per heavy atom. The van der Waals surface area contributed by atoms with E-state index in [2.05, 4.69) is 13.8 Å². The average molecular weight is 321 g/mol. The molecule has 3 aliphatic carbocycles. The molecule has 0 spiro atoms. The number of amides is 2. The Bertz CT molecular complexity index is 721. The highest BCUT2D eigenvalue weighted by atomic mass is 16.2. The zero-order valence-electron chi connectivity index (χ0n) is 14.2. The molecule has 0 radical (unpaired) electrons. The summed E-state index contributed by atoms with van der Waals surface area (Å²) in [6.45, 7) is 4.39. The Morgan fingerprint density at radius 3 is 1.83 bits per heavy atom. The molecule has 1 saturated heterocycles. The van der Waals surface area contributed by atoms with Gasteiger partial charge in [0.15, 0.2) is 0 Å². The number of carbonyl (C=O) groups is 2. The molecule has 24 heavy (non-hydrogen) atoms. The summed E-state index contributed by atoms with van der Waals surface area (Å²) in [6, 6.07) is 9.44. The van der Waals surface area contributed by atoms with Gasteiger partial charge in [-0.15, -0.1) is 0 Å². The molecule has 2 fully saturated rings. The smallest absolute Gasteiger partial charge is 0.238 e. The molecule has 124 valence electrons. The van der Waals surface area contributed by atoms with E-state index in [9.17, 15) is 9.59 Å². The van der Waals surface area contributed by atoms with Crippen LogP contribution in [0.15, 0.2) is 41.5 Å². The lowest BCUT2D eigenvalue weighted by Gasteiger charge is -2.39. The highest BCUT2D eigenvalue weighted by molar-refractivity contribution is 6.22. The van der Waals surface area contributed by atoms with Crippen LogP contribution in [0.3, 0.4) is 0 Å².